The molecule has 1 aromatic heterocycles. The fourth-order valence-corrected chi connectivity index (χ4v) is 3.95. The van der Waals surface area contributed by atoms with Gasteiger partial charge in [0, 0.05) is 27.3 Å². The second-order valence-electron chi connectivity index (χ2n) is 6.52. The molecule has 1 aromatic rings. The molecule has 1 heterocycles. The molecule has 1 N–H and O–H groups in total. The van der Waals surface area contributed by atoms with Crippen LogP contribution in [-0.2, 0) is 11.2 Å². The lowest BCUT2D eigenvalue weighted by Gasteiger charge is -2.23. The van der Waals surface area contributed by atoms with Crippen LogP contribution in [0.5, 0.6) is 0 Å². The Hall–Kier alpha value is -1.82. The Bertz CT molecular complexity index is 636. The minimum Gasteiger partial charge on any atom is -0.376 e. The van der Waals surface area contributed by atoms with Gasteiger partial charge in [0.2, 0.25) is 5.91 Å². The predicted molar refractivity (Wildman–Crippen MR) is 107 cm³/mol. The van der Waals surface area contributed by atoms with Crippen LogP contribution in [-0.4, -0.2) is 37.2 Å². The first-order valence-corrected chi connectivity index (χ1v) is 9.57. The van der Waals surface area contributed by atoms with E-state index in [0.29, 0.717) is 11.1 Å². The molecule has 1 aliphatic rings. The summed E-state index contributed by atoms with van der Waals surface area (Å²) in [5, 5.41) is 3.52. The molecule has 0 unspecified atom stereocenters. The van der Waals surface area contributed by atoms with E-state index in [4.69, 9.17) is 0 Å². The van der Waals surface area contributed by atoms with Crippen LogP contribution in [0.15, 0.2) is 34.8 Å². The molecule has 0 atom stereocenters. The number of thioether (sulfide) groups is 1. The smallest absolute Gasteiger partial charge is 0.232 e. The molecular weight excluding hydrogens is 332 g/mol. The van der Waals surface area contributed by atoms with E-state index in [9.17, 15) is 4.79 Å². The van der Waals surface area contributed by atoms with Gasteiger partial charge in [-0.3, -0.25) is 14.8 Å². The molecule has 1 aliphatic carbocycles. The summed E-state index contributed by atoms with van der Waals surface area (Å²) in [6, 6.07) is 3.84. The Morgan fingerprint density at radius 1 is 1.40 bits per heavy atom. The number of hydrogen-bond donors (Lipinski definition) is 1. The number of rotatable bonds is 5. The molecule has 0 spiro atoms. The Labute approximate surface area is 155 Å². The van der Waals surface area contributed by atoms with Crippen molar-refractivity contribution in [3.8, 4) is 0 Å². The van der Waals surface area contributed by atoms with Crippen LogP contribution in [0.25, 0.3) is 0 Å². The molecule has 0 radical (unpaired) electrons. The Kier molecular flexibility index (Phi) is 7.50. The molecule has 1 amide bonds. The number of aromatic nitrogens is 1. The van der Waals surface area contributed by atoms with E-state index in [1.54, 1.807) is 13.2 Å². The van der Waals surface area contributed by atoms with E-state index >= 15 is 0 Å². The van der Waals surface area contributed by atoms with Gasteiger partial charge in [-0.05, 0) is 35.8 Å². The number of allylic oxidation sites excluding steroid dienone is 1. The molecule has 0 saturated heterocycles. The molecule has 1 fully saturated rings. The lowest BCUT2D eigenvalue weighted by molar-refractivity contribution is -0.119. The molecule has 136 valence electrons. The number of amidine groups is 1. The molecule has 0 aliphatic heterocycles. The first kappa shape index (κ1) is 19.5. The van der Waals surface area contributed by atoms with Gasteiger partial charge in [0.15, 0.2) is 5.17 Å². The van der Waals surface area contributed by atoms with Crippen LogP contribution in [0, 0.1) is 5.92 Å². The maximum atomic E-state index is 12.4. The zero-order valence-electron chi connectivity index (χ0n) is 15.4. The number of aliphatic imine (C=N–C) groups is 1. The van der Waals surface area contributed by atoms with Gasteiger partial charge < -0.3 is 10.2 Å². The third kappa shape index (κ3) is 5.88. The van der Waals surface area contributed by atoms with E-state index in [0.717, 1.165) is 16.3 Å². The zero-order chi connectivity index (χ0) is 18.2. The van der Waals surface area contributed by atoms with Crippen LogP contribution in [0.3, 0.4) is 0 Å². The molecule has 25 heavy (non-hydrogen) atoms. The third-order valence-electron chi connectivity index (χ3n) is 4.41. The number of nitrogens with one attached hydrogen (secondary N) is 1. The summed E-state index contributed by atoms with van der Waals surface area (Å²) in [6.07, 6.45) is 8.17. The Morgan fingerprint density at radius 2 is 2.12 bits per heavy atom. The van der Waals surface area contributed by atoms with Gasteiger partial charge in [-0.1, -0.05) is 37.6 Å². The second kappa shape index (κ2) is 9.61. The molecular formula is C19H28N4OS. The molecule has 2 rings (SSSR count). The van der Waals surface area contributed by atoms with Crippen molar-refractivity contribution in [2.75, 3.05) is 26.0 Å². The normalized spacial score (nSPS) is 15.7. The second-order valence-corrected chi connectivity index (χ2v) is 7.64. The predicted octanol–water partition coefficient (Wildman–Crippen LogP) is 3.62. The fraction of sp³-hybridized carbons (Fsp3) is 0.526. The Morgan fingerprint density at radius 3 is 2.76 bits per heavy atom. The molecule has 0 aromatic carbocycles. The largest absolute Gasteiger partial charge is 0.376 e. The van der Waals surface area contributed by atoms with Crippen molar-refractivity contribution in [3.63, 3.8) is 0 Å². The van der Waals surface area contributed by atoms with Gasteiger partial charge in [0.05, 0.1) is 17.8 Å². The fourth-order valence-electron chi connectivity index (χ4n) is 3.05. The highest BCUT2D eigenvalue weighted by Crippen LogP contribution is 2.34. The van der Waals surface area contributed by atoms with Crippen molar-refractivity contribution in [2.45, 2.75) is 38.5 Å². The van der Waals surface area contributed by atoms with Crippen molar-refractivity contribution in [1.82, 2.24) is 10.3 Å². The van der Waals surface area contributed by atoms with E-state index < -0.39 is 0 Å². The summed E-state index contributed by atoms with van der Waals surface area (Å²) in [7, 11) is 5.59. The monoisotopic (exact) mass is 360 g/mol. The average molecular weight is 361 g/mol. The van der Waals surface area contributed by atoms with Gasteiger partial charge in [-0.2, -0.15) is 0 Å². The molecule has 0 bridgehead atoms. The van der Waals surface area contributed by atoms with E-state index in [2.05, 4.69) is 21.9 Å². The number of amides is 1. The summed E-state index contributed by atoms with van der Waals surface area (Å²) < 4.78 is 0. The van der Waals surface area contributed by atoms with E-state index in [-0.39, 0.29) is 12.3 Å². The van der Waals surface area contributed by atoms with Crippen LogP contribution < -0.4 is 10.2 Å². The standard InChI is InChI=1S/C19H28N4OS/c1-14(15-9-6-5-7-10-15)25-19(20-2)22-18(24)13-16-17(23(3)4)11-8-12-21-16/h8,11-12,15H,1,5-7,9-10,13H2,2-4H3,(H,20,22,24). The highest BCUT2D eigenvalue weighted by atomic mass is 32.2. The van der Waals surface area contributed by atoms with Crippen LogP contribution in [0.1, 0.15) is 37.8 Å². The van der Waals surface area contributed by atoms with Gasteiger partial charge in [0.25, 0.3) is 0 Å². The minimum absolute atomic E-state index is 0.105. The summed E-state index contributed by atoms with van der Waals surface area (Å²) in [5.74, 6) is 0.426. The maximum absolute atomic E-state index is 12.4. The number of hydrogen-bond acceptors (Lipinski definition) is 5. The van der Waals surface area contributed by atoms with E-state index in [1.165, 1.54) is 43.9 Å². The van der Waals surface area contributed by atoms with Crippen LogP contribution in [0.4, 0.5) is 5.69 Å². The quantitative estimate of drug-likeness (QED) is 0.644. The van der Waals surface area contributed by atoms with Crippen molar-refractivity contribution in [2.24, 2.45) is 10.9 Å². The van der Waals surface area contributed by atoms with Crippen molar-refractivity contribution in [3.05, 3.63) is 35.5 Å². The maximum Gasteiger partial charge on any atom is 0.232 e. The van der Waals surface area contributed by atoms with Gasteiger partial charge in [-0.25, -0.2) is 0 Å². The number of pyridine rings is 1. The topological polar surface area (TPSA) is 57.6 Å². The summed E-state index contributed by atoms with van der Waals surface area (Å²) in [4.78, 5) is 24.0. The van der Waals surface area contributed by atoms with Crippen LogP contribution >= 0.6 is 11.8 Å². The highest BCUT2D eigenvalue weighted by molar-refractivity contribution is 8.17. The summed E-state index contributed by atoms with van der Waals surface area (Å²) >= 11 is 1.49. The summed E-state index contributed by atoms with van der Waals surface area (Å²) in [6.45, 7) is 4.21. The van der Waals surface area contributed by atoms with Crippen molar-refractivity contribution < 1.29 is 4.79 Å². The highest BCUT2D eigenvalue weighted by Gasteiger charge is 2.19. The SMILES string of the molecule is C=C(SC(=NC)NC(=O)Cc1ncccc1N(C)C)C1CCCCC1. The lowest BCUT2D eigenvalue weighted by Crippen LogP contribution is -2.31. The first-order valence-electron chi connectivity index (χ1n) is 8.75. The number of nitrogens with zero attached hydrogens (tertiary/aromatic N) is 3. The average Bonchev–Trinajstić information content (AvgIpc) is 2.62. The van der Waals surface area contributed by atoms with Gasteiger partial charge in [0.1, 0.15) is 0 Å². The minimum atomic E-state index is -0.105. The summed E-state index contributed by atoms with van der Waals surface area (Å²) in [5.41, 5.74) is 1.71. The number of carbonyl (C=O) groups is 1. The van der Waals surface area contributed by atoms with Crippen LogP contribution in [0.2, 0.25) is 0 Å². The molecule has 1 saturated carbocycles. The zero-order valence-corrected chi connectivity index (χ0v) is 16.2. The molecule has 5 nitrogen and oxygen atoms in total. The van der Waals surface area contributed by atoms with E-state index in [1.807, 2.05) is 31.1 Å². The number of carbonyl (C=O) groups excluding carboxylic acids is 1. The third-order valence-corrected chi connectivity index (χ3v) is 5.49. The lowest BCUT2D eigenvalue weighted by atomic mass is 9.89. The molecule has 6 heteroatoms. The van der Waals surface area contributed by atoms with Crippen molar-refractivity contribution in [1.29, 1.82) is 0 Å². The van der Waals surface area contributed by atoms with Crippen molar-refractivity contribution >= 4 is 28.5 Å². The Balaban J connectivity index is 1.93. The number of anilines is 1. The van der Waals surface area contributed by atoms with Gasteiger partial charge in [-0.15, -0.1) is 0 Å². The first-order chi connectivity index (χ1) is 12.0. The van der Waals surface area contributed by atoms with Gasteiger partial charge >= 0.3 is 0 Å².